The average molecular weight is 282 g/mol. The maximum atomic E-state index is 5.59. The van der Waals surface area contributed by atoms with E-state index in [1.54, 1.807) is 6.33 Å². The van der Waals surface area contributed by atoms with Gasteiger partial charge in [-0.3, -0.25) is 0 Å². The lowest BCUT2D eigenvalue weighted by molar-refractivity contribution is 0.573. The number of aromatic nitrogens is 2. The molecular weight excluding hydrogens is 260 g/mol. The van der Waals surface area contributed by atoms with Crippen molar-refractivity contribution < 1.29 is 0 Å². The van der Waals surface area contributed by atoms with E-state index in [-0.39, 0.29) is 0 Å². The molecule has 1 aromatic heterocycles. The fraction of sp³-hybridized carbons (Fsp3) is 0.412. The monoisotopic (exact) mass is 282 g/mol. The summed E-state index contributed by atoms with van der Waals surface area (Å²) >= 11 is 0. The van der Waals surface area contributed by atoms with Crippen LogP contribution in [0.15, 0.2) is 36.7 Å². The first kappa shape index (κ1) is 14.0. The molecule has 0 bridgehead atoms. The molecule has 1 saturated heterocycles. The van der Waals surface area contributed by atoms with Gasteiger partial charge in [-0.25, -0.2) is 9.97 Å². The molecule has 21 heavy (non-hydrogen) atoms. The molecule has 1 aliphatic heterocycles. The lowest BCUT2D eigenvalue weighted by Gasteiger charge is -2.27. The number of nitrogens with zero attached hydrogens (tertiary/aromatic N) is 3. The second-order valence-electron chi connectivity index (χ2n) is 5.54. The number of rotatable bonds is 4. The Labute approximate surface area is 126 Å². The highest BCUT2D eigenvalue weighted by Crippen LogP contribution is 2.23. The lowest BCUT2D eigenvalue weighted by Crippen LogP contribution is -2.30. The van der Waals surface area contributed by atoms with E-state index >= 15 is 0 Å². The first-order chi connectivity index (χ1) is 10.4. The van der Waals surface area contributed by atoms with E-state index in [1.165, 1.54) is 24.8 Å². The van der Waals surface area contributed by atoms with Crippen molar-refractivity contribution in [3.63, 3.8) is 0 Å². The Hall–Kier alpha value is -1.94. The van der Waals surface area contributed by atoms with Crippen LogP contribution in [0.4, 0.5) is 5.82 Å². The van der Waals surface area contributed by atoms with Crippen molar-refractivity contribution >= 4 is 5.82 Å². The molecule has 1 aromatic carbocycles. The Morgan fingerprint density at radius 1 is 1.00 bits per heavy atom. The summed E-state index contributed by atoms with van der Waals surface area (Å²) < 4.78 is 0. The molecule has 0 unspecified atom stereocenters. The fourth-order valence-corrected chi connectivity index (χ4v) is 2.81. The zero-order chi connectivity index (χ0) is 14.5. The smallest absolute Gasteiger partial charge is 0.132 e. The molecule has 1 fully saturated rings. The van der Waals surface area contributed by atoms with Crippen molar-refractivity contribution in [3.8, 4) is 11.3 Å². The molecule has 0 aliphatic carbocycles. The highest BCUT2D eigenvalue weighted by Gasteiger charge is 2.13. The molecule has 3 rings (SSSR count). The minimum Gasteiger partial charge on any atom is -0.357 e. The summed E-state index contributed by atoms with van der Waals surface area (Å²) in [7, 11) is 0. The molecule has 2 N–H and O–H groups in total. The van der Waals surface area contributed by atoms with Crippen molar-refractivity contribution in [1.29, 1.82) is 0 Å². The Morgan fingerprint density at radius 3 is 2.48 bits per heavy atom. The first-order valence-electron chi connectivity index (χ1n) is 7.73. The van der Waals surface area contributed by atoms with Gasteiger partial charge in [0.2, 0.25) is 0 Å². The van der Waals surface area contributed by atoms with Gasteiger partial charge in [0.1, 0.15) is 12.1 Å². The van der Waals surface area contributed by atoms with E-state index in [0.29, 0.717) is 6.54 Å². The quantitative estimate of drug-likeness (QED) is 0.936. The zero-order valence-electron chi connectivity index (χ0n) is 12.3. The van der Waals surface area contributed by atoms with Gasteiger partial charge < -0.3 is 10.6 Å². The van der Waals surface area contributed by atoms with Crippen LogP contribution in [0.3, 0.4) is 0 Å². The maximum Gasteiger partial charge on any atom is 0.132 e. The van der Waals surface area contributed by atoms with Crippen LogP contribution in [-0.4, -0.2) is 29.6 Å². The highest BCUT2D eigenvalue weighted by molar-refractivity contribution is 5.62. The molecule has 0 atom stereocenters. The van der Waals surface area contributed by atoms with Crippen LogP contribution in [-0.2, 0) is 6.42 Å². The fourth-order valence-electron chi connectivity index (χ4n) is 2.81. The van der Waals surface area contributed by atoms with Crippen LogP contribution in [0.1, 0.15) is 24.8 Å². The molecule has 0 saturated carbocycles. The van der Waals surface area contributed by atoms with Gasteiger partial charge in [0.15, 0.2) is 0 Å². The van der Waals surface area contributed by atoms with E-state index < -0.39 is 0 Å². The molecule has 2 heterocycles. The van der Waals surface area contributed by atoms with Crippen molar-refractivity contribution in [2.24, 2.45) is 5.73 Å². The van der Waals surface area contributed by atoms with Crippen LogP contribution < -0.4 is 10.6 Å². The summed E-state index contributed by atoms with van der Waals surface area (Å²) in [5.41, 5.74) is 8.98. The van der Waals surface area contributed by atoms with Crippen molar-refractivity contribution in [2.45, 2.75) is 25.7 Å². The zero-order valence-corrected chi connectivity index (χ0v) is 12.3. The van der Waals surface area contributed by atoms with Gasteiger partial charge in [-0.2, -0.15) is 0 Å². The number of hydrogen-bond acceptors (Lipinski definition) is 4. The molecule has 4 nitrogen and oxygen atoms in total. The summed E-state index contributed by atoms with van der Waals surface area (Å²) in [4.78, 5) is 11.2. The van der Waals surface area contributed by atoms with E-state index in [2.05, 4.69) is 45.2 Å². The van der Waals surface area contributed by atoms with Gasteiger partial charge >= 0.3 is 0 Å². The number of nitrogens with two attached hydrogens (primary N) is 1. The van der Waals surface area contributed by atoms with Gasteiger partial charge in [0, 0.05) is 24.7 Å². The maximum absolute atomic E-state index is 5.59. The van der Waals surface area contributed by atoms with Crippen molar-refractivity contribution in [3.05, 3.63) is 42.2 Å². The van der Waals surface area contributed by atoms with Gasteiger partial charge in [-0.05, 0) is 37.8 Å². The van der Waals surface area contributed by atoms with Crippen LogP contribution >= 0.6 is 0 Å². The third kappa shape index (κ3) is 3.39. The molecule has 0 spiro atoms. The van der Waals surface area contributed by atoms with Crippen molar-refractivity contribution in [1.82, 2.24) is 9.97 Å². The van der Waals surface area contributed by atoms with Crippen molar-refractivity contribution in [2.75, 3.05) is 24.5 Å². The average Bonchev–Trinajstić information content (AvgIpc) is 2.57. The number of benzene rings is 1. The number of piperidine rings is 1. The van der Waals surface area contributed by atoms with Gasteiger partial charge in [0.05, 0.1) is 5.69 Å². The van der Waals surface area contributed by atoms with Gasteiger partial charge in [-0.1, -0.05) is 24.3 Å². The summed E-state index contributed by atoms with van der Waals surface area (Å²) in [5.74, 6) is 1.05. The predicted molar refractivity (Wildman–Crippen MR) is 86.3 cm³/mol. The minimum atomic E-state index is 0.686. The van der Waals surface area contributed by atoms with E-state index in [1.807, 2.05) is 0 Å². The molecule has 1 aliphatic rings. The summed E-state index contributed by atoms with van der Waals surface area (Å²) in [6.45, 7) is 2.89. The second-order valence-corrected chi connectivity index (χ2v) is 5.54. The Balaban J connectivity index is 1.81. The van der Waals surface area contributed by atoms with E-state index in [4.69, 9.17) is 5.73 Å². The van der Waals surface area contributed by atoms with E-state index in [0.717, 1.165) is 36.6 Å². The summed E-state index contributed by atoms with van der Waals surface area (Å²) in [5, 5.41) is 0. The van der Waals surface area contributed by atoms with Crippen LogP contribution in [0, 0.1) is 0 Å². The standard InChI is InChI=1S/C17H22N4/c18-9-8-14-4-6-15(7-5-14)16-12-17(20-13-19-16)21-10-2-1-3-11-21/h4-7,12-13H,1-3,8-11,18H2. The number of anilines is 1. The topological polar surface area (TPSA) is 55.0 Å². The molecule has 0 amide bonds. The van der Waals surface area contributed by atoms with E-state index in [9.17, 15) is 0 Å². The molecule has 110 valence electrons. The second kappa shape index (κ2) is 6.68. The molecular formula is C17H22N4. The van der Waals surface area contributed by atoms with Gasteiger partial charge in [-0.15, -0.1) is 0 Å². The Bertz CT molecular complexity index is 574. The Kier molecular flexibility index (Phi) is 4.46. The molecule has 0 radical (unpaired) electrons. The Morgan fingerprint density at radius 2 is 1.76 bits per heavy atom. The SMILES string of the molecule is NCCc1ccc(-c2cc(N3CCCCC3)ncn2)cc1. The van der Waals surface area contributed by atoms with Crippen LogP contribution in [0.25, 0.3) is 11.3 Å². The molecule has 2 aromatic rings. The van der Waals surface area contributed by atoms with Crippen LogP contribution in [0.5, 0.6) is 0 Å². The normalized spacial score (nSPS) is 15.2. The lowest BCUT2D eigenvalue weighted by atomic mass is 10.1. The minimum absolute atomic E-state index is 0.686. The van der Waals surface area contributed by atoms with Gasteiger partial charge in [0.25, 0.3) is 0 Å². The third-order valence-corrected chi connectivity index (χ3v) is 4.02. The predicted octanol–water partition coefficient (Wildman–Crippen LogP) is 2.64. The molecule has 4 heteroatoms. The largest absolute Gasteiger partial charge is 0.357 e. The number of hydrogen-bond donors (Lipinski definition) is 1. The summed E-state index contributed by atoms with van der Waals surface area (Å²) in [6.07, 6.45) is 6.44. The summed E-state index contributed by atoms with van der Waals surface area (Å²) in [6, 6.07) is 10.6. The third-order valence-electron chi connectivity index (χ3n) is 4.02. The highest BCUT2D eigenvalue weighted by atomic mass is 15.2. The van der Waals surface area contributed by atoms with Crippen LogP contribution in [0.2, 0.25) is 0 Å². The first-order valence-corrected chi connectivity index (χ1v) is 7.73.